The average Bonchev–Trinajstić information content (AvgIpc) is 2.95. The van der Waals surface area contributed by atoms with Crippen LogP contribution in [0.4, 0.5) is 0 Å². The molecular weight excluding hydrogens is 282 g/mol. The molecule has 1 heterocycles. The van der Waals surface area contributed by atoms with Gasteiger partial charge in [-0.05, 0) is 54.8 Å². The lowest BCUT2D eigenvalue weighted by molar-refractivity contribution is 0.248. The Balaban J connectivity index is 1.75. The second-order valence-electron chi connectivity index (χ2n) is 5.53. The highest BCUT2D eigenvalue weighted by Gasteiger charge is 2.25. The van der Waals surface area contributed by atoms with Gasteiger partial charge in [-0.15, -0.1) is 0 Å². The van der Waals surface area contributed by atoms with Gasteiger partial charge in [-0.3, -0.25) is 4.90 Å². The van der Waals surface area contributed by atoms with Crippen molar-refractivity contribution in [3.05, 3.63) is 64.7 Å². The molecule has 0 aromatic heterocycles. The van der Waals surface area contributed by atoms with Crippen LogP contribution in [-0.2, 0) is 6.54 Å². The predicted octanol–water partition coefficient (Wildman–Crippen LogP) is 4.69. The molecule has 0 aliphatic carbocycles. The van der Waals surface area contributed by atoms with Gasteiger partial charge in [0, 0.05) is 17.6 Å². The SMILES string of the molecule is COc1ccc([C@H]2CCCN2Cc2cccc(Cl)c2)cc1. The van der Waals surface area contributed by atoms with Gasteiger partial charge in [0.1, 0.15) is 5.75 Å². The molecule has 110 valence electrons. The van der Waals surface area contributed by atoms with Gasteiger partial charge in [0.15, 0.2) is 0 Å². The molecule has 0 amide bonds. The summed E-state index contributed by atoms with van der Waals surface area (Å²) in [7, 11) is 1.70. The van der Waals surface area contributed by atoms with E-state index in [-0.39, 0.29) is 0 Å². The summed E-state index contributed by atoms with van der Waals surface area (Å²) in [6.07, 6.45) is 2.46. The Morgan fingerprint density at radius 3 is 2.71 bits per heavy atom. The van der Waals surface area contributed by atoms with Gasteiger partial charge in [0.2, 0.25) is 0 Å². The van der Waals surface area contributed by atoms with Crippen molar-refractivity contribution in [2.75, 3.05) is 13.7 Å². The number of halogens is 1. The maximum absolute atomic E-state index is 6.08. The maximum atomic E-state index is 6.08. The second kappa shape index (κ2) is 6.50. The molecule has 3 rings (SSSR count). The summed E-state index contributed by atoms with van der Waals surface area (Å²) < 4.78 is 5.24. The molecule has 1 fully saturated rings. The lowest BCUT2D eigenvalue weighted by Crippen LogP contribution is -2.22. The predicted molar refractivity (Wildman–Crippen MR) is 86.8 cm³/mol. The van der Waals surface area contributed by atoms with Crippen LogP contribution in [0.15, 0.2) is 48.5 Å². The van der Waals surface area contributed by atoms with Crippen LogP contribution in [0.3, 0.4) is 0 Å². The van der Waals surface area contributed by atoms with Gasteiger partial charge in [-0.2, -0.15) is 0 Å². The van der Waals surface area contributed by atoms with E-state index >= 15 is 0 Å². The molecule has 2 aromatic rings. The standard InChI is InChI=1S/C18H20ClNO/c1-21-17-9-7-15(8-10-17)18-6-3-11-20(18)13-14-4-2-5-16(19)12-14/h2,4-5,7-10,12,18H,3,6,11,13H2,1H3/t18-/m1/s1. The van der Waals surface area contributed by atoms with E-state index in [0.29, 0.717) is 6.04 Å². The molecule has 21 heavy (non-hydrogen) atoms. The highest BCUT2D eigenvalue weighted by atomic mass is 35.5. The van der Waals surface area contributed by atoms with E-state index in [2.05, 4.69) is 29.2 Å². The van der Waals surface area contributed by atoms with Crippen molar-refractivity contribution in [2.24, 2.45) is 0 Å². The molecular formula is C18H20ClNO. The monoisotopic (exact) mass is 301 g/mol. The molecule has 2 aromatic carbocycles. The minimum atomic E-state index is 0.495. The quantitative estimate of drug-likeness (QED) is 0.812. The zero-order chi connectivity index (χ0) is 14.7. The first-order valence-corrected chi connectivity index (χ1v) is 7.76. The number of methoxy groups -OCH3 is 1. The highest BCUT2D eigenvalue weighted by molar-refractivity contribution is 6.30. The van der Waals surface area contributed by atoms with Gasteiger partial charge in [0.25, 0.3) is 0 Å². The zero-order valence-electron chi connectivity index (χ0n) is 12.3. The molecule has 1 aliphatic heterocycles. The van der Waals surface area contributed by atoms with Crippen LogP contribution in [0.1, 0.15) is 30.0 Å². The minimum Gasteiger partial charge on any atom is -0.497 e. The van der Waals surface area contributed by atoms with Crippen LogP contribution in [0, 0.1) is 0 Å². The van der Waals surface area contributed by atoms with Gasteiger partial charge >= 0.3 is 0 Å². The topological polar surface area (TPSA) is 12.5 Å². The molecule has 0 N–H and O–H groups in total. The summed E-state index contributed by atoms with van der Waals surface area (Å²) in [6, 6.07) is 17.1. The Hall–Kier alpha value is -1.51. The number of likely N-dealkylation sites (tertiary alicyclic amines) is 1. The smallest absolute Gasteiger partial charge is 0.118 e. The first-order valence-electron chi connectivity index (χ1n) is 7.39. The van der Waals surface area contributed by atoms with Crippen molar-refractivity contribution in [1.82, 2.24) is 4.90 Å². The normalized spacial score (nSPS) is 18.9. The fraction of sp³-hybridized carbons (Fsp3) is 0.333. The lowest BCUT2D eigenvalue weighted by Gasteiger charge is -2.25. The fourth-order valence-electron chi connectivity index (χ4n) is 3.09. The molecule has 3 heteroatoms. The summed E-state index contributed by atoms with van der Waals surface area (Å²) in [5.74, 6) is 0.915. The zero-order valence-corrected chi connectivity index (χ0v) is 13.0. The van der Waals surface area contributed by atoms with E-state index in [1.807, 2.05) is 24.3 Å². The largest absolute Gasteiger partial charge is 0.497 e. The van der Waals surface area contributed by atoms with Crippen LogP contribution in [0.2, 0.25) is 5.02 Å². The van der Waals surface area contributed by atoms with Gasteiger partial charge < -0.3 is 4.74 Å². The molecule has 0 radical (unpaired) electrons. The van der Waals surface area contributed by atoms with Gasteiger partial charge in [-0.1, -0.05) is 35.9 Å². The number of nitrogens with zero attached hydrogens (tertiary/aromatic N) is 1. The molecule has 1 saturated heterocycles. The minimum absolute atomic E-state index is 0.495. The third kappa shape index (κ3) is 3.39. The molecule has 1 atom stereocenters. The number of ether oxygens (including phenoxy) is 1. The summed E-state index contributed by atoms with van der Waals surface area (Å²) >= 11 is 6.08. The lowest BCUT2D eigenvalue weighted by atomic mass is 10.0. The van der Waals surface area contributed by atoms with E-state index in [0.717, 1.165) is 23.9 Å². The number of hydrogen-bond acceptors (Lipinski definition) is 2. The van der Waals surface area contributed by atoms with E-state index in [9.17, 15) is 0 Å². The Morgan fingerprint density at radius 2 is 2.00 bits per heavy atom. The van der Waals surface area contributed by atoms with E-state index in [4.69, 9.17) is 16.3 Å². The first-order chi connectivity index (χ1) is 10.3. The summed E-state index contributed by atoms with van der Waals surface area (Å²) in [6.45, 7) is 2.10. The first kappa shape index (κ1) is 14.4. The maximum Gasteiger partial charge on any atom is 0.118 e. The summed E-state index contributed by atoms with van der Waals surface area (Å²) in [4.78, 5) is 2.54. The van der Waals surface area contributed by atoms with Crippen LogP contribution in [-0.4, -0.2) is 18.6 Å². The molecule has 0 saturated carbocycles. The van der Waals surface area contributed by atoms with Crippen molar-refractivity contribution < 1.29 is 4.74 Å². The van der Waals surface area contributed by atoms with E-state index in [1.165, 1.54) is 24.0 Å². The Kier molecular flexibility index (Phi) is 4.47. The third-order valence-corrected chi connectivity index (χ3v) is 4.37. The van der Waals surface area contributed by atoms with E-state index in [1.54, 1.807) is 7.11 Å². The van der Waals surface area contributed by atoms with Crippen LogP contribution in [0.25, 0.3) is 0 Å². The number of rotatable bonds is 4. The van der Waals surface area contributed by atoms with Crippen LogP contribution >= 0.6 is 11.6 Å². The molecule has 0 spiro atoms. The number of hydrogen-bond donors (Lipinski definition) is 0. The Morgan fingerprint density at radius 1 is 1.19 bits per heavy atom. The van der Waals surface area contributed by atoms with Gasteiger partial charge in [-0.25, -0.2) is 0 Å². The fourth-order valence-corrected chi connectivity index (χ4v) is 3.30. The third-order valence-electron chi connectivity index (χ3n) is 4.14. The Bertz CT molecular complexity index is 596. The molecule has 0 unspecified atom stereocenters. The van der Waals surface area contributed by atoms with E-state index < -0.39 is 0 Å². The molecule has 2 nitrogen and oxygen atoms in total. The molecule has 0 bridgehead atoms. The van der Waals surface area contributed by atoms with Crippen LogP contribution in [0.5, 0.6) is 5.75 Å². The number of benzene rings is 2. The van der Waals surface area contributed by atoms with Gasteiger partial charge in [0.05, 0.1) is 7.11 Å². The highest BCUT2D eigenvalue weighted by Crippen LogP contribution is 2.34. The average molecular weight is 302 g/mol. The van der Waals surface area contributed by atoms with Crippen LogP contribution < -0.4 is 4.74 Å². The Labute approximate surface area is 131 Å². The van der Waals surface area contributed by atoms with Crippen molar-refractivity contribution in [2.45, 2.75) is 25.4 Å². The van der Waals surface area contributed by atoms with Crippen molar-refractivity contribution in [3.8, 4) is 5.75 Å². The second-order valence-corrected chi connectivity index (χ2v) is 5.97. The molecule has 1 aliphatic rings. The summed E-state index contributed by atoms with van der Waals surface area (Å²) in [5, 5.41) is 0.813. The van der Waals surface area contributed by atoms with Crippen molar-refractivity contribution in [3.63, 3.8) is 0 Å². The van der Waals surface area contributed by atoms with Crippen molar-refractivity contribution >= 4 is 11.6 Å². The van der Waals surface area contributed by atoms with Crippen molar-refractivity contribution in [1.29, 1.82) is 0 Å². The summed E-state index contributed by atoms with van der Waals surface area (Å²) in [5.41, 5.74) is 2.65.